The van der Waals surface area contributed by atoms with Gasteiger partial charge in [-0.05, 0) is 57.2 Å². The molecule has 9 heteroatoms. The zero-order valence-corrected chi connectivity index (χ0v) is 20.3. The molecule has 0 aliphatic rings. The summed E-state index contributed by atoms with van der Waals surface area (Å²) in [5.41, 5.74) is 2.78. The van der Waals surface area contributed by atoms with E-state index in [2.05, 4.69) is 15.7 Å². The van der Waals surface area contributed by atoms with Crippen LogP contribution in [-0.2, 0) is 4.79 Å². The summed E-state index contributed by atoms with van der Waals surface area (Å²) in [6, 6.07) is 10.9. The number of amides is 2. The van der Waals surface area contributed by atoms with E-state index < -0.39 is 0 Å². The number of thiophene rings is 1. The van der Waals surface area contributed by atoms with E-state index in [0.29, 0.717) is 45.1 Å². The van der Waals surface area contributed by atoms with Gasteiger partial charge in [-0.25, -0.2) is 9.67 Å². The first-order valence-corrected chi connectivity index (χ1v) is 11.8. The monoisotopic (exact) mass is 481 g/mol. The van der Waals surface area contributed by atoms with Gasteiger partial charge in [0.25, 0.3) is 5.91 Å². The van der Waals surface area contributed by atoms with Crippen molar-refractivity contribution in [3.63, 3.8) is 0 Å². The average Bonchev–Trinajstić information content (AvgIpc) is 3.41. The predicted octanol–water partition coefficient (Wildman–Crippen LogP) is 6.30. The van der Waals surface area contributed by atoms with Gasteiger partial charge in [-0.2, -0.15) is 5.10 Å². The molecule has 0 aliphatic heterocycles. The minimum absolute atomic E-state index is 0.0829. The molecule has 7 nitrogen and oxygen atoms in total. The summed E-state index contributed by atoms with van der Waals surface area (Å²) < 4.78 is 1.81. The summed E-state index contributed by atoms with van der Waals surface area (Å²) in [5, 5.41) is 11.2. The van der Waals surface area contributed by atoms with Gasteiger partial charge in [-0.3, -0.25) is 9.59 Å². The van der Waals surface area contributed by atoms with Gasteiger partial charge in [0.2, 0.25) is 5.91 Å². The number of benzene rings is 1. The number of halogens is 1. The van der Waals surface area contributed by atoms with E-state index in [9.17, 15) is 9.59 Å². The molecule has 2 N–H and O–H groups in total. The van der Waals surface area contributed by atoms with Crippen LogP contribution in [0, 0.1) is 6.92 Å². The van der Waals surface area contributed by atoms with Crippen molar-refractivity contribution in [2.24, 2.45) is 0 Å². The molecule has 1 aromatic carbocycles. The molecule has 2 amide bonds. The standard InChI is InChI=1S/C24H24ClN5O2S/c1-5-22(31)27-15-7-8-18(25)19(10-15)29-24(32)16-11-20(21-9-6-14(4)33-21)28-23-17(16)12-26-30(23)13(2)3/h6-13H,5H2,1-4H3,(H,27,31)(H,29,32). The molecule has 4 aromatic rings. The van der Waals surface area contributed by atoms with Gasteiger partial charge < -0.3 is 10.6 Å². The van der Waals surface area contributed by atoms with Crippen molar-refractivity contribution in [3.8, 4) is 10.6 Å². The lowest BCUT2D eigenvalue weighted by Gasteiger charge is -2.12. The number of carbonyl (C=O) groups excluding carboxylic acids is 2. The third-order valence-electron chi connectivity index (χ3n) is 5.11. The maximum atomic E-state index is 13.4. The largest absolute Gasteiger partial charge is 0.326 e. The Kier molecular flexibility index (Phi) is 6.49. The van der Waals surface area contributed by atoms with Gasteiger partial charge in [0.1, 0.15) is 0 Å². The van der Waals surface area contributed by atoms with Crippen molar-refractivity contribution < 1.29 is 9.59 Å². The van der Waals surface area contributed by atoms with E-state index in [-0.39, 0.29) is 17.9 Å². The zero-order valence-electron chi connectivity index (χ0n) is 18.8. The number of hydrogen-bond acceptors (Lipinski definition) is 5. The summed E-state index contributed by atoms with van der Waals surface area (Å²) in [6.45, 7) is 7.84. The third kappa shape index (κ3) is 4.77. The topological polar surface area (TPSA) is 88.9 Å². The fourth-order valence-corrected chi connectivity index (χ4v) is 4.41. The molecule has 0 atom stereocenters. The predicted molar refractivity (Wildman–Crippen MR) is 134 cm³/mol. The SMILES string of the molecule is CCC(=O)Nc1ccc(Cl)c(NC(=O)c2cc(-c3ccc(C)s3)nc3c2cnn3C(C)C)c1. The van der Waals surface area contributed by atoms with Crippen LogP contribution in [0.5, 0.6) is 0 Å². The van der Waals surface area contributed by atoms with Crippen LogP contribution in [-0.4, -0.2) is 26.6 Å². The number of rotatable bonds is 6. The molecule has 33 heavy (non-hydrogen) atoms. The maximum absolute atomic E-state index is 13.4. The fraction of sp³-hybridized carbons (Fsp3) is 0.250. The van der Waals surface area contributed by atoms with E-state index >= 15 is 0 Å². The summed E-state index contributed by atoms with van der Waals surface area (Å²) in [6.07, 6.45) is 2.02. The first-order chi connectivity index (χ1) is 15.8. The van der Waals surface area contributed by atoms with Crippen molar-refractivity contribution in [3.05, 3.63) is 58.1 Å². The number of nitrogens with one attached hydrogen (secondary N) is 2. The molecular weight excluding hydrogens is 458 g/mol. The second-order valence-electron chi connectivity index (χ2n) is 7.94. The molecular formula is C24H24ClN5O2S. The van der Waals surface area contributed by atoms with Crippen LogP contribution in [0.15, 0.2) is 42.6 Å². The lowest BCUT2D eigenvalue weighted by atomic mass is 10.1. The number of aryl methyl sites for hydroxylation is 1. The van der Waals surface area contributed by atoms with Crippen LogP contribution in [0.4, 0.5) is 11.4 Å². The van der Waals surface area contributed by atoms with Crippen molar-refractivity contribution in [1.82, 2.24) is 14.8 Å². The molecule has 3 aromatic heterocycles. The number of pyridine rings is 1. The Morgan fingerprint density at radius 3 is 2.61 bits per heavy atom. The van der Waals surface area contributed by atoms with Crippen molar-refractivity contribution >= 4 is 57.2 Å². The lowest BCUT2D eigenvalue weighted by Crippen LogP contribution is -2.14. The molecule has 170 valence electrons. The van der Waals surface area contributed by atoms with Crippen molar-refractivity contribution in [2.75, 3.05) is 10.6 Å². The number of aromatic nitrogens is 3. The minimum Gasteiger partial charge on any atom is -0.326 e. The van der Waals surface area contributed by atoms with Gasteiger partial charge in [-0.1, -0.05) is 18.5 Å². The van der Waals surface area contributed by atoms with Gasteiger partial charge in [0, 0.05) is 23.0 Å². The molecule has 0 unspecified atom stereocenters. The summed E-state index contributed by atoms with van der Waals surface area (Å²) in [7, 11) is 0. The van der Waals surface area contributed by atoms with Crippen LogP contribution in [0.3, 0.4) is 0 Å². The smallest absolute Gasteiger partial charge is 0.256 e. The Labute approximate surface area is 200 Å². The molecule has 0 radical (unpaired) electrons. The number of anilines is 2. The van der Waals surface area contributed by atoms with E-state index in [4.69, 9.17) is 16.6 Å². The molecule has 0 saturated carbocycles. The fourth-order valence-electron chi connectivity index (χ4n) is 3.42. The van der Waals surface area contributed by atoms with E-state index in [1.54, 1.807) is 48.7 Å². The molecule has 4 rings (SSSR count). The van der Waals surface area contributed by atoms with E-state index in [1.807, 2.05) is 37.6 Å². The van der Waals surface area contributed by atoms with E-state index in [1.165, 1.54) is 0 Å². The molecule has 0 fully saturated rings. The van der Waals surface area contributed by atoms with E-state index in [0.717, 1.165) is 9.75 Å². The highest BCUT2D eigenvalue weighted by molar-refractivity contribution is 7.15. The van der Waals surface area contributed by atoms with Gasteiger partial charge in [-0.15, -0.1) is 11.3 Å². The highest BCUT2D eigenvalue weighted by Crippen LogP contribution is 2.32. The van der Waals surface area contributed by atoms with Crippen LogP contribution in [0.25, 0.3) is 21.6 Å². The maximum Gasteiger partial charge on any atom is 0.256 e. The number of nitrogens with zero attached hydrogens (tertiary/aromatic N) is 3. The molecule has 0 saturated heterocycles. The van der Waals surface area contributed by atoms with Gasteiger partial charge >= 0.3 is 0 Å². The van der Waals surface area contributed by atoms with Crippen LogP contribution in [0.1, 0.15) is 48.5 Å². The Hall–Kier alpha value is -3.23. The summed E-state index contributed by atoms with van der Waals surface area (Å²) in [4.78, 5) is 32.1. The van der Waals surface area contributed by atoms with Crippen molar-refractivity contribution in [1.29, 1.82) is 0 Å². The molecule has 0 bridgehead atoms. The molecule has 3 heterocycles. The lowest BCUT2D eigenvalue weighted by molar-refractivity contribution is -0.115. The van der Waals surface area contributed by atoms with Crippen LogP contribution in [0.2, 0.25) is 5.02 Å². The average molecular weight is 482 g/mol. The minimum atomic E-state index is -0.332. The van der Waals surface area contributed by atoms with Crippen LogP contribution < -0.4 is 10.6 Å². The Morgan fingerprint density at radius 1 is 1.15 bits per heavy atom. The number of fused-ring (bicyclic) bond motifs is 1. The van der Waals surface area contributed by atoms with Crippen LogP contribution >= 0.6 is 22.9 Å². The first kappa shape index (κ1) is 22.9. The summed E-state index contributed by atoms with van der Waals surface area (Å²) in [5.74, 6) is -0.455. The summed E-state index contributed by atoms with van der Waals surface area (Å²) >= 11 is 7.96. The number of carbonyl (C=O) groups is 2. The third-order valence-corrected chi connectivity index (χ3v) is 6.47. The van der Waals surface area contributed by atoms with Gasteiger partial charge in [0.15, 0.2) is 5.65 Å². The highest BCUT2D eigenvalue weighted by atomic mass is 35.5. The quantitative estimate of drug-likeness (QED) is 0.338. The zero-order chi connectivity index (χ0) is 23.7. The van der Waals surface area contributed by atoms with Gasteiger partial charge in [0.05, 0.1) is 38.4 Å². The number of hydrogen-bond donors (Lipinski definition) is 2. The molecule has 0 spiro atoms. The molecule has 0 aliphatic carbocycles. The Balaban J connectivity index is 1.77. The Bertz CT molecular complexity index is 1360. The second kappa shape index (κ2) is 9.33. The normalized spacial score (nSPS) is 11.2. The highest BCUT2D eigenvalue weighted by Gasteiger charge is 2.20. The van der Waals surface area contributed by atoms with Crippen molar-refractivity contribution in [2.45, 2.75) is 40.2 Å². The first-order valence-electron chi connectivity index (χ1n) is 10.6. The Morgan fingerprint density at radius 2 is 1.94 bits per heavy atom. The second-order valence-corrected chi connectivity index (χ2v) is 9.63.